The van der Waals surface area contributed by atoms with Crippen LogP contribution in [0.4, 0.5) is 5.69 Å². The van der Waals surface area contributed by atoms with Crippen molar-refractivity contribution in [2.75, 3.05) is 18.5 Å². The second-order valence-electron chi connectivity index (χ2n) is 5.00. The Labute approximate surface area is 114 Å². The van der Waals surface area contributed by atoms with Gasteiger partial charge in [0.1, 0.15) is 4.90 Å². The van der Waals surface area contributed by atoms with Gasteiger partial charge in [-0.3, -0.25) is 0 Å². The van der Waals surface area contributed by atoms with E-state index in [1.165, 1.54) is 7.05 Å². The molecule has 1 aliphatic rings. The minimum Gasteiger partial charge on any atom is -0.368 e. The maximum absolute atomic E-state index is 12.1. The van der Waals surface area contributed by atoms with Gasteiger partial charge in [0.2, 0.25) is 10.0 Å². The Morgan fingerprint density at radius 3 is 2.68 bits per heavy atom. The van der Waals surface area contributed by atoms with E-state index in [0.29, 0.717) is 4.90 Å². The van der Waals surface area contributed by atoms with Crippen LogP contribution in [0.1, 0.15) is 19.8 Å². The van der Waals surface area contributed by atoms with Crippen molar-refractivity contribution in [2.24, 2.45) is 5.73 Å². The Hall–Kier alpha value is -1.11. The second-order valence-corrected chi connectivity index (χ2v) is 6.86. The Balaban J connectivity index is 2.41. The van der Waals surface area contributed by atoms with Crippen LogP contribution < -0.4 is 15.4 Å². The number of nitrogens with one attached hydrogen (secondary N) is 1. The third-order valence-corrected chi connectivity index (χ3v) is 5.11. The maximum atomic E-state index is 12.1. The van der Waals surface area contributed by atoms with Crippen LogP contribution in [0.25, 0.3) is 0 Å². The number of anilines is 1. The van der Waals surface area contributed by atoms with Gasteiger partial charge in [0.15, 0.2) is 0 Å². The molecule has 0 aliphatic carbocycles. The molecule has 6 heteroatoms. The van der Waals surface area contributed by atoms with E-state index < -0.39 is 10.0 Å². The fourth-order valence-corrected chi connectivity index (χ4v) is 3.54. The quantitative estimate of drug-likeness (QED) is 0.864. The molecular weight excluding hydrogens is 262 g/mol. The summed E-state index contributed by atoms with van der Waals surface area (Å²) >= 11 is 0. The van der Waals surface area contributed by atoms with Gasteiger partial charge in [-0.1, -0.05) is 12.1 Å². The van der Waals surface area contributed by atoms with Crippen molar-refractivity contribution >= 4 is 15.7 Å². The molecule has 0 amide bonds. The van der Waals surface area contributed by atoms with Crippen molar-refractivity contribution in [1.82, 2.24) is 4.72 Å². The number of hydrogen-bond acceptors (Lipinski definition) is 4. The molecule has 1 saturated heterocycles. The van der Waals surface area contributed by atoms with Gasteiger partial charge in [0.25, 0.3) is 0 Å². The average molecular weight is 283 g/mol. The first kappa shape index (κ1) is 14.3. The van der Waals surface area contributed by atoms with Crippen LogP contribution in [0.5, 0.6) is 0 Å². The predicted molar refractivity (Wildman–Crippen MR) is 76.7 cm³/mol. The zero-order chi connectivity index (χ0) is 14.0. The molecule has 106 valence electrons. The molecule has 1 heterocycles. The number of nitrogens with zero attached hydrogens (tertiary/aromatic N) is 1. The van der Waals surface area contributed by atoms with E-state index in [-0.39, 0.29) is 12.1 Å². The summed E-state index contributed by atoms with van der Waals surface area (Å²) in [5.41, 5.74) is 6.72. The van der Waals surface area contributed by atoms with Gasteiger partial charge in [-0.2, -0.15) is 0 Å². The first-order valence-electron chi connectivity index (χ1n) is 6.50. The van der Waals surface area contributed by atoms with Crippen molar-refractivity contribution < 1.29 is 8.42 Å². The zero-order valence-corrected chi connectivity index (χ0v) is 12.2. The van der Waals surface area contributed by atoms with Gasteiger partial charge in [-0.05, 0) is 38.9 Å². The van der Waals surface area contributed by atoms with Gasteiger partial charge >= 0.3 is 0 Å². The lowest BCUT2D eigenvalue weighted by Crippen LogP contribution is -2.46. The predicted octanol–water partition coefficient (Wildman–Crippen LogP) is 0.911. The molecule has 5 nitrogen and oxygen atoms in total. The van der Waals surface area contributed by atoms with E-state index in [9.17, 15) is 8.42 Å². The molecule has 2 unspecified atom stereocenters. The molecule has 1 aliphatic heterocycles. The van der Waals surface area contributed by atoms with Crippen LogP contribution in [-0.2, 0) is 10.0 Å². The van der Waals surface area contributed by atoms with E-state index in [0.717, 1.165) is 25.1 Å². The third kappa shape index (κ3) is 2.91. The summed E-state index contributed by atoms with van der Waals surface area (Å²) in [6.45, 7) is 2.88. The smallest absolute Gasteiger partial charge is 0.242 e. The molecule has 0 aromatic heterocycles. The summed E-state index contributed by atoms with van der Waals surface area (Å²) in [7, 11) is -2.01. The Bertz CT molecular complexity index is 545. The number of para-hydroxylation sites is 1. The monoisotopic (exact) mass is 283 g/mol. The van der Waals surface area contributed by atoms with Crippen molar-refractivity contribution in [3.8, 4) is 0 Å². The lowest BCUT2D eigenvalue weighted by Gasteiger charge is -2.38. The molecule has 1 aromatic rings. The van der Waals surface area contributed by atoms with E-state index in [2.05, 4.69) is 16.5 Å². The van der Waals surface area contributed by atoms with Crippen molar-refractivity contribution in [2.45, 2.75) is 36.7 Å². The normalized spacial score (nSPS) is 24.5. The molecule has 19 heavy (non-hydrogen) atoms. The molecule has 0 bridgehead atoms. The highest BCUT2D eigenvalue weighted by Gasteiger charge is 2.27. The summed E-state index contributed by atoms with van der Waals surface area (Å²) in [5, 5.41) is 0. The molecular formula is C13H21N3O2S. The topological polar surface area (TPSA) is 75.4 Å². The number of piperidine rings is 1. The summed E-state index contributed by atoms with van der Waals surface area (Å²) < 4.78 is 26.5. The first-order chi connectivity index (χ1) is 8.95. The summed E-state index contributed by atoms with van der Waals surface area (Å²) in [6, 6.07) is 7.57. The highest BCUT2D eigenvalue weighted by Crippen LogP contribution is 2.30. The zero-order valence-electron chi connectivity index (χ0n) is 11.3. The number of hydrogen-bond donors (Lipinski definition) is 2. The SMILES string of the molecule is CNS(=O)(=O)c1ccccc1N1CCC(N)CC1C. The van der Waals surface area contributed by atoms with Crippen LogP contribution >= 0.6 is 0 Å². The molecule has 2 atom stereocenters. The number of rotatable bonds is 3. The lowest BCUT2D eigenvalue weighted by atomic mass is 9.98. The van der Waals surface area contributed by atoms with E-state index in [4.69, 9.17) is 5.73 Å². The largest absolute Gasteiger partial charge is 0.368 e. The Morgan fingerprint density at radius 1 is 1.37 bits per heavy atom. The number of sulfonamides is 1. The Morgan fingerprint density at radius 2 is 2.05 bits per heavy atom. The fourth-order valence-electron chi connectivity index (χ4n) is 2.60. The van der Waals surface area contributed by atoms with Crippen LogP contribution in [0, 0.1) is 0 Å². The number of nitrogens with two attached hydrogens (primary N) is 1. The van der Waals surface area contributed by atoms with Crippen molar-refractivity contribution in [3.63, 3.8) is 0 Å². The number of benzene rings is 1. The molecule has 0 radical (unpaired) electrons. The molecule has 2 rings (SSSR count). The first-order valence-corrected chi connectivity index (χ1v) is 7.99. The summed E-state index contributed by atoms with van der Waals surface area (Å²) in [5.74, 6) is 0. The van der Waals surface area contributed by atoms with E-state index >= 15 is 0 Å². The Kier molecular flexibility index (Phi) is 4.13. The molecule has 3 N–H and O–H groups in total. The van der Waals surface area contributed by atoms with Gasteiger partial charge in [-0.25, -0.2) is 13.1 Å². The molecule has 0 spiro atoms. The van der Waals surface area contributed by atoms with Crippen LogP contribution in [0.15, 0.2) is 29.2 Å². The standard InChI is InChI=1S/C13H21N3O2S/c1-10-9-11(14)7-8-16(10)12-5-3-4-6-13(12)19(17,18)15-2/h3-6,10-11,15H,7-9,14H2,1-2H3. The maximum Gasteiger partial charge on any atom is 0.242 e. The lowest BCUT2D eigenvalue weighted by molar-refractivity contribution is 0.428. The molecule has 1 fully saturated rings. The average Bonchev–Trinajstić information content (AvgIpc) is 2.39. The van der Waals surface area contributed by atoms with Crippen LogP contribution in [0.3, 0.4) is 0 Å². The minimum atomic E-state index is -3.44. The minimum absolute atomic E-state index is 0.208. The summed E-state index contributed by atoms with van der Waals surface area (Å²) in [4.78, 5) is 2.47. The van der Waals surface area contributed by atoms with Crippen molar-refractivity contribution in [3.05, 3.63) is 24.3 Å². The fraction of sp³-hybridized carbons (Fsp3) is 0.538. The van der Waals surface area contributed by atoms with Gasteiger partial charge in [-0.15, -0.1) is 0 Å². The molecule has 1 aromatic carbocycles. The highest BCUT2D eigenvalue weighted by atomic mass is 32.2. The van der Waals surface area contributed by atoms with Gasteiger partial charge < -0.3 is 10.6 Å². The van der Waals surface area contributed by atoms with E-state index in [1.807, 2.05) is 12.1 Å². The second kappa shape index (κ2) is 5.48. The van der Waals surface area contributed by atoms with Gasteiger partial charge in [0, 0.05) is 18.6 Å². The third-order valence-electron chi connectivity index (χ3n) is 3.65. The van der Waals surface area contributed by atoms with E-state index in [1.54, 1.807) is 12.1 Å². The summed E-state index contributed by atoms with van der Waals surface area (Å²) in [6.07, 6.45) is 1.77. The highest BCUT2D eigenvalue weighted by molar-refractivity contribution is 7.89. The van der Waals surface area contributed by atoms with Crippen molar-refractivity contribution in [1.29, 1.82) is 0 Å². The molecule has 0 saturated carbocycles. The van der Waals surface area contributed by atoms with Crippen LogP contribution in [-0.4, -0.2) is 34.1 Å². The van der Waals surface area contributed by atoms with Gasteiger partial charge in [0.05, 0.1) is 5.69 Å². The van der Waals surface area contributed by atoms with Crippen LogP contribution in [0.2, 0.25) is 0 Å².